The highest BCUT2D eigenvalue weighted by molar-refractivity contribution is 6.30. The zero-order chi connectivity index (χ0) is 19.1. The SMILES string of the molecule is O=C(c1ccc(Cl)cc1)N1CC2(CCN(CC3CC3)CC2)Cc2ccccc21. The van der Waals surface area contributed by atoms with Crippen molar-refractivity contribution in [3.8, 4) is 0 Å². The van der Waals surface area contributed by atoms with Crippen LogP contribution < -0.4 is 4.90 Å². The predicted molar refractivity (Wildman–Crippen MR) is 114 cm³/mol. The van der Waals surface area contributed by atoms with Crippen molar-refractivity contribution in [3.63, 3.8) is 0 Å². The van der Waals surface area contributed by atoms with E-state index in [0.29, 0.717) is 10.6 Å². The van der Waals surface area contributed by atoms with Crippen molar-refractivity contribution in [1.82, 2.24) is 4.90 Å². The summed E-state index contributed by atoms with van der Waals surface area (Å²) in [7, 11) is 0. The first-order valence-electron chi connectivity index (χ1n) is 10.5. The lowest BCUT2D eigenvalue weighted by atomic mass is 9.70. The number of carbonyl (C=O) groups is 1. The normalized spacial score (nSPS) is 21.5. The first-order valence-corrected chi connectivity index (χ1v) is 10.9. The standard InChI is InChI=1S/C24H27ClN2O/c25-21-9-7-19(8-10-21)23(28)27-17-24(15-20-3-1-2-4-22(20)27)11-13-26(14-12-24)16-18-5-6-18/h1-4,7-10,18H,5-6,11-17H2. The van der Waals surface area contributed by atoms with E-state index in [1.165, 1.54) is 50.9 Å². The number of halogens is 1. The van der Waals surface area contributed by atoms with Crippen LogP contribution in [0.3, 0.4) is 0 Å². The fourth-order valence-corrected chi connectivity index (χ4v) is 5.07. The maximum atomic E-state index is 13.4. The van der Waals surface area contributed by atoms with Gasteiger partial charge in [-0.1, -0.05) is 29.8 Å². The monoisotopic (exact) mass is 394 g/mol. The number of amides is 1. The van der Waals surface area contributed by atoms with Crippen LogP contribution >= 0.6 is 11.6 Å². The summed E-state index contributed by atoms with van der Waals surface area (Å²) >= 11 is 6.02. The largest absolute Gasteiger partial charge is 0.308 e. The molecule has 0 N–H and O–H groups in total. The van der Waals surface area contributed by atoms with Gasteiger partial charge in [-0.2, -0.15) is 0 Å². The van der Waals surface area contributed by atoms with Crippen LogP contribution in [0.25, 0.3) is 0 Å². The first kappa shape index (κ1) is 18.2. The molecule has 1 saturated heterocycles. The van der Waals surface area contributed by atoms with E-state index in [4.69, 9.17) is 11.6 Å². The van der Waals surface area contributed by atoms with Crippen molar-refractivity contribution in [2.24, 2.45) is 11.3 Å². The molecule has 5 rings (SSSR count). The van der Waals surface area contributed by atoms with E-state index in [9.17, 15) is 4.79 Å². The summed E-state index contributed by atoms with van der Waals surface area (Å²) in [6.45, 7) is 4.44. The molecule has 3 nitrogen and oxygen atoms in total. The Labute approximate surface area is 172 Å². The third kappa shape index (κ3) is 3.58. The Balaban J connectivity index is 1.40. The molecule has 3 aliphatic rings. The van der Waals surface area contributed by atoms with Gasteiger partial charge < -0.3 is 9.80 Å². The number of nitrogens with zero attached hydrogens (tertiary/aromatic N) is 2. The molecule has 0 atom stereocenters. The molecule has 0 unspecified atom stereocenters. The molecule has 2 aliphatic heterocycles. The van der Waals surface area contributed by atoms with Crippen molar-refractivity contribution in [2.75, 3.05) is 31.1 Å². The Hall–Kier alpha value is -1.84. The smallest absolute Gasteiger partial charge is 0.258 e. The van der Waals surface area contributed by atoms with Crippen LogP contribution in [0.4, 0.5) is 5.69 Å². The average Bonchev–Trinajstić information content (AvgIpc) is 3.53. The highest BCUT2D eigenvalue weighted by Crippen LogP contribution is 2.44. The molecular formula is C24H27ClN2O. The van der Waals surface area contributed by atoms with Gasteiger partial charge >= 0.3 is 0 Å². The van der Waals surface area contributed by atoms with Crippen molar-refractivity contribution < 1.29 is 4.79 Å². The molecule has 0 aromatic heterocycles. The van der Waals surface area contributed by atoms with Gasteiger partial charge in [-0.25, -0.2) is 0 Å². The molecule has 1 amide bonds. The lowest BCUT2D eigenvalue weighted by Crippen LogP contribution is -2.52. The lowest BCUT2D eigenvalue weighted by Gasteiger charge is -2.48. The van der Waals surface area contributed by atoms with Crippen molar-refractivity contribution >= 4 is 23.2 Å². The average molecular weight is 395 g/mol. The molecule has 1 saturated carbocycles. The predicted octanol–water partition coefficient (Wildman–Crippen LogP) is 5.04. The minimum absolute atomic E-state index is 0.0867. The van der Waals surface area contributed by atoms with Gasteiger partial charge in [-0.3, -0.25) is 4.79 Å². The molecule has 0 bridgehead atoms. The van der Waals surface area contributed by atoms with Crippen LogP contribution in [0.5, 0.6) is 0 Å². The van der Waals surface area contributed by atoms with Gasteiger partial charge in [0.25, 0.3) is 5.91 Å². The quantitative estimate of drug-likeness (QED) is 0.728. The Morgan fingerprint density at radius 3 is 2.46 bits per heavy atom. The number of fused-ring (bicyclic) bond motifs is 1. The molecule has 28 heavy (non-hydrogen) atoms. The van der Waals surface area contributed by atoms with E-state index in [0.717, 1.165) is 24.6 Å². The molecular weight excluding hydrogens is 368 g/mol. The Morgan fingerprint density at radius 1 is 1.04 bits per heavy atom. The van der Waals surface area contributed by atoms with E-state index in [1.54, 1.807) is 12.1 Å². The minimum atomic E-state index is 0.0867. The Bertz CT molecular complexity index is 866. The lowest BCUT2D eigenvalue weighted by molar-refractivity contribution is 0.0854. The molecule has 2 aromatic carbocycles. The number of hydrogen-bond acceptors (Lipinski definition) is 2. The molecule has 4 heteroatoms. The number of rotatable bonds is 3. The topological polar surface area (TPSA) is 23.6 Å². The van der Waals surface area contributed by atoms with Crippen molar-refractivity contribution in [3.05, 3.63) is 64.7 Å². The number of carbonyl (C=O) groups excluding carboxylic acids is 1. The third-order valence-electron chi connectivity index (χ3n) is 6.81. The first-order chi connectivity index (χ1) is 13.6. The summed E-state index contributed by atoms with van der Waals surface area (Å²) in [6.07, 6.45) is 6.28. The summed E-state index contributed by atoms with van der Waals surface area (Å²) in [5, 5.41) is 0.662. The minimum Gasteiger partial charge on any atom is -0.308 e. The van der Waals surface area contributed by atoms with Gasteiger partial charge in [0, 0.05) is 29.4 Å². The van der Waals surface area contributed by atoms with E-state index < -0.39 is 0 Å². The highest BCUT2D eigenvalue weighted by atomic mass is 35.5. The summed E-state index contributed by atoms with van der Waals surface area (Å²) in [5.41, 5.74) is 3.30. The van der Waals surface area contributed by atoms with Gasteiger partial charge in [0.2, 0.25) is 0 Å². The molecule has 1 aliphatic carbocycles. The second kappa shape index (κ2) is 7.20. The molecule has 2 heterocycles. The second-order valence-electron chi connectivity index (χ2n) is 8.95. The fraction of sp³-hybridized carbons (Fsp3) is 0.458. The molecule has 0 radical (unpaired) electrons. The zero-order valence-electron chi connectivity index (χ0n) is 16.2. The van der Waals surface area contributed by atoms with Crippen LogP contribution in [0.1, 0.15) is 41.6 Å². The molecule has 1 spiro atoms. The summed E-state index contributed by atoms with van der Waals surface area (Å²) < 4.78 is 0. The number of piperidine rings is 1. The van der Waals surface area contributed by atoms with Crippen LogP contribution in [0, 0.1) is 11.3 Å². The van der Waals surface area contributed by atoms with E-state index in [2.05, 4.69) is 23.1 Å². The number of hydrogen-bond donors (Lipinski definition) is 0. The maximum absolute atomic E-state index is 13.4. The number of para-hydroxylation sites is 1. The molecule has 146 valence electrons. The van der Waals surface area contributed by atoms with Crippen LogP contribution in [-0.4, -0.2) is 37.0 Å². The van der Waals surface area contributed by atoms with E-state index in [-0.39, 0.29) is 11.3 Å². The number of benzene rings is 2. The van der Waals surface area contributed by atoms with Crippen LogP contribution in [0.15, 0.2) is 48.5 Å². The molecule has 2 fully saturated rings. The van der Waals surface area contributed by atoms with Gasteiger partial charge in [0.15, 0.2) is 0 Å². The van der Waals surface area contributed by atoms with Gasteiger partial charge in [-0.15, -0.1) is 0 Å². The summed E-state index contributed by atoms with van der Waals surface area (Å²) in [4.78, 5) is 18.1. The fourth-order valence-electron chi connectivity index (χ4n) is 4.94. The van der Waals surface area contributed by atoms with Gasteiger partial charge in [0.1, 0.15) is 0 Å². The Kier molecular flexibility index (Phi) is 4.68. The van der Waals surface area contributed by atoms with Crippen molar-refractivity contribution in [1.29, 1.82) is 0 Å². The highest BCUT2D eigenvalue weighted by Gasteiger charge is 2.42. The summed E-state index contributed by atoms with van der Waals surface area (Å²) in [5.74, 6) is 1.03. The molecule has 2 aromatic rings. The van der Waals surface area contributed by atoms with Crippen LogP contribution in [-0.2, 0) is 6.42 Å². The van der Waals surface area contributed by atoms with E-state index in [1.807, 2.05) is 23.1 Å². The number of anilines is 1. The van der Waals surface area contributed by atoms with Crippen molar-refractivity contribution in [2.45, 2.75) is 32.1 Å². The zero-order valence-corrected chi connectivity index (χ0v) is 17.0. The van der Waals surface area contributed by atoms with Gasteiger partial charge in [-0.05, 0) is 92.4 Å². The maximum Gasteiger partial charge on any atom is 0.258 e. The summed E-state index contributed by atoms with van der Waals surface area (Å²) in [6, 6.07) is 15.7. The number of likely N-dealkylation sites (tertiary alicyclic amines) is 1. The third-order valence-corrected chi connectivity index (χ3v) is 7.06. The Morgan fingerprint density at radius 2 is 1.75 bits per heavy atom. The van der Waals surface area contributed by atoms with Gasteiger partial charge in [0.05, 0.1) is 0 Å². The second-order valence-corrected chi connectivity index (χ2v) is 9.38. The van der Waals surface area contributed by atoms with Crippen LogP contribution in [0.2, 0.25) is 5.02 Å². The van der Waals surface area contributed by atoms with E-state index >= 15 is 0 Å².